The van der Waals surface area contributed by atoms with E-state index in [9.17, 15) is 4.79 Å². The van der Waals surface area contributed by atoms with Crippen molar-refractivity contribution in [3.05, 3.63) is 42.2 Å². The summed E-state index contributed by atoms with van der Waals surface area (Å²) in [5.74, 6) is 1.37. The van der Waals surface area contributed by atoms with Gasteiger partial charge in [-0.3, -0.25) is 0 Å². The van der Waals surface area contributed by atoms with E-state index >= 15 is 0 Å². The standard InChI is InChI=1S/C15H15NO4/c1-18-13-6-3-10(16)9-12(13)14-7-4-11(20-14)5-8-15(17)19-2/h3-9H,16H2,1-2H3/b8-5+. The van der Waals surface area contributed by atoms with Crippen molar-refractivity contribution in [3.8, 4) is 17.1 Å². The molecule has 0 amide bonds. The van der Waals surface area contributed by atoms with E-state index in [0.717, 1.165) is 5.56 Å². The van der Waals surface area contributed by atoms with Gasteiger partial charge in [0.15, 0.2) is 0 Å². The van der Waals surface area contributed by atoms with Crippen LogP contribution in [-0.4, -0.2) is 20.2 Å². The number of carbonyl (C=O) groups excluding carboxylic acids is 1. The average molecular weight is 273 g/mol. The van der Waals surface area contributed by atoms with Crippen LogP contribution in [0.3, 0.4) is 0 Å². The summed E-state index contributed by atoms with van der Waals surface area (Å²) < 4.78 is 15.4. The molecule has 5 nitrogen and oxygen atoms in total. The van der Waals surface area contributed by atoms with E-state index < -0.39 is 5.97 Å². The van der Waals surface area contributed by atoms with Gasteiger partial charge in [0.25, 0.3) is 0 Å². The maximum absolute atomic E-state index is 11.0. The van der Waals surface area contributed by atoms with Gasteiger partial charge in [-0.05, 0) is 36.4 Å². The highest BCUT2D eigenvalue weighted by Gasteiger charge is 2.10. The van der Waals surface area contributed by atoms with Gasteiger partial charge in [-0.2, -0.15) is 0 Å². The second-order valence-corrected chi connectivity index (χ2v) is 4.02. The highest BCUT2D eigenvalue weighted by molar-refractivity contribution is 5.86. The first kappa shape index (κ1) is 13.7. The third-order valence-electron chi connectivity index (χ3n) is 2.70. The van der Waals surface area contributed by atoms with E-state index in [1.165, 1.54) is 19.3 Å². The number of anilines is 1. The topological polar surface area (TPSA) is 74.7 Å². The highest BCUT2D eigenvalue weighted by atomic mass is 16.5. The number of methoxy groups -OCH3 is 2. The Hall–Kier alpha value is -2.69. The first-order valence-corrected chi connectivity index (χ1v) is 5.94. The maximum atomic E-state index is 11.0. The van der Waals surface area contributed by atoms with Crippen LogP contribution in [0.15, 0.2) is 40.8 Å². The molecule has 1 heterocycles. The van der Waals surface area contributed by atoms with Crippen LogP contribution in [0.2, 0.25) is 0 Å². The molecule has 0 saturated carbocycles. The number of carbonyl (C=O) groups is 1. The van der Waals surface area contributed by atoms with Crippen LogP contribution < -0.4 is 10.5 Å². The lowest BCUT2D eigenvalue weighted by atomic mass is 10.1. The van der Waals surface area contributed by atoms with E-state index in [4.69, 9.17) is 14.9 Å². The molecule has 1 aromatic heterocycles. The van der Waals surface area contributed by atoms with Gasteiger partial charge in [0.1, 0.15) is 17.3 Å². The van der Waals surface area contributed by atoms with Gasteiger partial charge in [0, 0.05) is 11.8 Å². The van der Waals surface area contributed by atoms with Crippen LogP contribution >= 0.6 is 0 Å². The Morgan fingerprint density at radius 3 is 2.75 bits per heavy atom. The summed E-state index contributed by atoms with van der Waals surface area (Å²) >= 11 is 0. The van der Waals surface area contributed by atoms with Crippen LogP contribution in [0.5, 0.6) is 5.75 Å². The summed E-state index contributed by atoms with van der Waals surface area (Å²) in [7, 11) is 2.90. The summed E-state index contributed by atoms with van der Waals surface area (Å²) in [5, 5.41) is 0. The quantitative estimate of drug-likeness (QED) is 0.526. The molecule has 0 aliphatic heterocycles. The van der Waals surface area contributed by atoms with Crippen molar-refractivity contribution in [2.24, 2.45) is 0 Å². The SMILES string of the molecule is COC(=O)/C=C/c1ccc(-c2cc(N)ccc2OC)o1. The zero-order valence-corrected chi connectivity index (χ0v) is 11.3. The monoisotopic (exact) mass is 273 g/mol. The first-order chi connectivity index (χ1) is 9.63. The molecule has 0 fully saturated rings. The van der Waals surface area contributed by atoms with Gasteiger partial charge in [0.2, 0.25) is 0 Å². The second kappa shape index (κ2) is 5.97. The molecule has 0 aliphatic carbocycles. The summed E-state index contributed by atoms with van der Waals surface area (Å²) in [5.41, 5.74) is 7.14. The molecular weight excluding hydrogens is 258 g/mol. The minimum atomic E-state index is -0.440. The summed E-state index contributed by atoms with van der Waals surface area (Å²) in [6.07, 6.45) is 2.83. The minimum absolute atomic E-state index is 0.440. The molecule has 0 radical (unpaired) electrons. The fourth-order valence-corrected chi connectivity index (χ4v) is 1.72. The van der Waals surface area contributed by atoms with Crippen LogP contribution in [0.4, 0.5) is 5.69 Å². The van der Waals surface area contributed by atoms with Crippen molar-refractivity contribution in [1.29, 1.82) is 0 Å². The van der Waals surface area contributed by atoms with Crippen LogP contribution in [0, 0.1) is 0 Å². The highest BCUT2D eigenvalue weighted by Crippen LogP contribution is 2.33. The van der Waals surface area contributed by atoms with Gasteiger partial charge in [0.05, 0.1) is 19.8 Å². The Labute approximate surface area is 116 Å². The second-order valence-electron chi connectivity index (χ2n) is 4.02. The van der Waals surface area contributed by atoms with Crippen molar-refractivity contribution >= 4 is 17.7 Å². The van der Waals surface area contributed by atoms with E-state index in [2.05, 4.69) is 4.74 Å². The zero-order valence-electron chi connectivity index (χ0n) is 11.3. The number of ether oxygens (including phenoxy) is 2. The number of esters is 1. The molecule has 5 heteroatoms. The molecule has 0 unspecified atom stereocenters. The number of nitrogen functional groups attached to an aromatic ring is 1. The average Bonchev–Trinajstić information content (AvgIpc) is 2.93. The molecule has 1 aromatic carbocycles. The van der Waals surface area contributed by atoms with Crippen molar-refractivity contribution < 1.29 is 18.7 Å². The number of hydrogen-bond donors (Lipinski definition) is 1. The normalized spacial score (nSPS) is 10.7. The van der Waals surface area contributed by atoms with Gasteiger partial charge in [-0.1, -0.05) is 0 Å². The number of benzene rings is 1. The van der Waals surface area contributed by atoms with Crippen LogP contribution in [-0.2, 0) is 9.53 Å². The van der Waals surface area contributed by atoms with Gasteiger partial charge in [-0.15, -0.1) is 0 Å². The van der Waals surface area contributed by atoms with Gasteiger partial charge < -0.3 is 19.6 Å². The Balaban J connectivity index is 2.31. The Kier molecular flexibility index (Phi) is 4.10. The summed E-state index contributed by atoms with van der Waals surface area (Å²) in [6, 6.07) is 8.83. The molecule has 0 atom stereocenters. The first-order valence-electron chi connectivity index (χ1n) is 5.94. The predicted octanol–water partition coefficient (Wildman–Crippen LogP) is 2.72. The molecule has 0 aliphatic rings. The Morgan fingerprint density at radius 2 is 2.05 bits per heavy atom. The molecule has 0 saturated heterocycles. The van der Waals surface area contributed by atoms with Crippen molar-refractivity contribution in [2.75, 3.05) is 20.0 Å². The van der Waals surface area contributed by atoms with Crippen molar-refractivity contribution in [3.63, 3.8) is 0 Å². The molecule has 20 heavy (non-hydrogen) atoms. The van der Waals surface area contributed by atoms with Crippen molar-refractivity contribution in [1.82, 2.24) is 0 Å². The zero-order chi connectivity index (χ0) is 14.5. The van der Waals surface area contributed by atoms with E-state index in [-0.39, 0.29) is 0 Å². The lowest BCUT2D eigenvalue weighted by molar-refractivity contribution is -0.134. The molecule has 2 N–H and O–H groups in total. The van der Waals surface area contributed by atoms with Crippen LogP contribution in [0.1, 0.15) is 5.76 Å². The third kappa shape index (κ3) is 3.00. The molecule has 2 rings (SSSR count). The molecule has 2 aromatic rings. The maximum Gasteiger partial charge on any atom is 0.330 e. The lowest BCUT2D eigenvalue weighted by Gasteiger charge is -2.06. The Bertz CT molecular complexity index is 643. The van der Waals surface area contributed by atoms with Crippen LogP contribution in [0.25, 0.3) is 17.4 Å². The fourth-order valence-electron chi connectivity index (χ4n) is 1.72. The van der Waals surface area contributed by atoms with E-state index in [0.29, 0.717) is 23.0 Å². The minimum Gasteiger partial charge on any atom is -0.496 e. The lowest BCUT2D eigenvalue weighted by Crippen LogP contribution is -1.92. The van der Waals surface area contributed by atoms with Gasteiger partial charge >= 0.3 is 5.97 Å². The van der Waals surface area contributed by atoms with Crippen molar-refractivity contribution in [2.45, 2.75) is 0 Å². The van der Waals surface area contributed by atoms with Gasteiger partial charge in [-0.25, -0.2) is 4.79 Å². The molecular formula is C15H15NO4. The number of furan rings is 1. The van der Waals surface area contributed by atoms with E-state index in [1.54, 1.807) is 37.4 Å². The van der Waals surface area contributed by atoms with E-state index in [1.807, 2.05) is 0 Å². The third-order valence-corrected chi connectivity index (χ3v) is 2.70. The largest absolute Gasteiger partial charge is 0.496 e. The fraction of sp³-hybridized carbons (Fsp3) is 0.133. The smallest absolute Gasteiger partial charge is 0.330 e. The summed E-state index contributed by atoms with van der Waals surface area (Å²) in [6.45, 7) is 0. The summed E-state index contributed by atoms with van der Waals surface area (Å²) in [4.78, 5) is 11.0. The Morgan fingerprint density at radius 1 is 1.25 bits per heavy atom. The number of rotatable bonds is 4. The molecule has 0 bridgehead atoms. The molecule has 104 valence electrons. The predicted molar refractivity (Wildman–Crippen MR) is 76.2 cm³/mol. The molecule has 0 spiro atoms. The number of nitrogens with two attached hydrogens (primary N) is 1. The number of hydrogen-bond acceptors (Lipinski definition) is 5.